The minimum absolute atomic E-state index is 0.165. The highest BCUT2D eigenvalue weighted by Gasteiger charge is 2.35. The van der Waals surface area contributed by atoms with Gasteiger partial charge in [0, 0.05) is 37.6 Å². The summed E-state index contributed by atoms with van der Waals surface area (Å²) in [7, 11) is 0. The van der Waals surface area contributed by atoms with E-state index in [1.807, 2.05) is 31.2 Å². The molecule has 0 aromatic heterocycles. The SMILES string of the molecule is Cc1ccc(NC(=O)N2CCN(c3ccccc3C(F)(F)F)CC2)cc1. The van der Waals surface area contributed by atoms with Gasteiger partial charge in [0.1, 0.15) is 0 Å². The van der Waals surface area contributed by atoms with Gasteiger partial charge < -0.3 is 15.1 Å². The Morgan fingerprint density at radius 1 is 0.962 bits per heavy atom. The maximum Gasteiger partial charge on any atom is 0.418 e. The van der Waals surface area contributed by atoms with Crippen LogP contribution < -0.4 is 10.2 Å². The molecule has 2 aromatic carbocycles. The highest BCUT2D eigenvalue weighted by molar-refractivity contribution is 5.89. The third kappa shape index (κ3) is 4.09. The fourth-order valence-electron chi connectivity index (χ4n) is 2.98. The van der Waals surface area contributed by atoms with Crippen molar-refractivity contribution in [2.75, 3.05) is 36.4 Å². The van der Waals surface area contributed by atoms with Crippen molar-refractivity contribution < 1.29 is 18.0 Å². The molecule has 2 amide bonds. The van der Waals surface area contributed by atoms with Crippen LogP contribution in [0.2, 0.25) is 0 Å². The molecule has 4 nitrogen and oxygen atoms in total. The maximum atomic E-state index is 13.2. The largest absolute Gasteiger partial charge is 0.418 e. The van der Waals surface area contributed by atoms with E-state index >= 15 is 0 Å². The lowest BCUT2D eigenvalue weighted by Crippen LogP contribution is -2.50. The number of aryl methyl sites for hydroxylation is 1. The molecule has 0 spiro atoms. The summed E-state index contributed by atoms with van der Waals surface area (Å²) in [4.78, 5) is 15.6. The quantitative estimate of drug-likeness (QED) is 0.860. The summed E-state index contributed by atoms with van der Waals surface area (Å²) >= 11 is 0. The molecule has 7 heteroatoms. The Morgan fingerprint density at radius 3 is 2.19 bits per heavy atom. The second-order valence-electron chi connectivity index (χ2n) is 6.29. The molecule has 0 bridgehead atoms. The highest BCUT2D eigenvalue weighted by atomic mass is 19.4. The first-order chi connectivity index (χ1) is 12.3. The van der Waals surface area contributed by atoms with Crippen molar-refractivity contribution in [3.63, 3.8) is 0 Å². The van der Waals surface area contributed by atoms with E-state index in [0.717, 1.165) is 11.6 Å². The molecule has 0 atom stereocenters. The molecule has 0 radical (unpaired) electrons. The van der Waals surface area contributed by atoms with Crippen LogP contribution in [0.15, 0.2) is 48.5 Å². The Labute approximate surface area is 150 Å². The molecular formula is C19H20F3N3O. The van der Waals surface area contributed by atoms with Gasteiger partial charge in [-0.2, -0.15) is 13.2 Å². The minimum Gasteiger partial charge on any atom is -0.367 e. The van der Waals surface area contributed by atoms with Crippen molar-refractivity contribution in [1.29, 1.82) is 0 Å². The Morgan fingerprint density at radius 2 is 1.58 bits per heavy atom. The fourth-order valence-corrected chi connectivity index (χ4v) is 2.98. The number of piperazine rings is 1. The number of alkyl halides is 3. The Bertz CT molecular complexity index is 766. The van der Waals surface area contributed by atoms with Gasteiger partial charge in [-0.25, -0.2) is 4.79 Å². The molecule has 3 rings (SSSR count). The second kappa shape index (κ2) is 7.27. The number of rotatable bonds is 2. The molecule has 1 fully saturated rings. The van der Waals surface area contributed by atoms with Crippen LogP contribution in [0.4, 0.5) is 29.3 Å². The van der Waals surface area contributed by atoms with E-state index in [1.54, 1.807) is 15.9 Å². The minimum atomic E-state index is -4.39. The van der Waals surface area contributed by atoms with Gasteiger partial charge in [-0.1, -0.05) is 29.8 Å². The maximum absolute atomic E-state index is 13.2. The van der Waals surface area contributed by atoms with E-state index in [1.165, 1.54) is 12.1 Å². The van der Waals surface area contributed by atoms with Crippen molar-refractivity contribution in [2.45, 2.75) is 13.1 Å². The third-order valence-corrected chi connectivity index (χ3v) is 4.42. The van der Waals surface area contributed by atoms with Crippen LogP contribution in [0.3, 0.4) is 0 Å². The van der Waals surface area contributed by atoms with Crippen LogP contribution in [-0.2, 0) is 6.18 Å². The lowest BCUT2D eigenvalue weighted by Gasteiger charge is -2.37. The first-order valence-electron chi connectivity index (χ1n) is 8.38. The molecule has 0 aliphatic carbocycles. The molecule has 1 aliphatic rings. The molecule has 2 aromatic rings. The molecule has 1 heterocycles. The number of benzene rings is 2. The molecule has 0 saturated carbocycles. The third-order valence-electron chi connectivity index (χ3n) is 4.42. The highest BCUT2D eigenvalue weighted by Crippen LogP contribution is 2.36. The van der Waals surface area contributed by atoms with E-state index in [9.17, 15) is 18.0 Å². The number of nitrogens with zero attached hydrogens (tertiary/aromatic N) is 2. The van der Waals surface area contributed by atoms with Gasteiger partial charge in [0.15, 0.2) is 0 Å². The topological polar surface area (TPSA) is 35.6 Å². The molecule has 1 aliphatic heterocycles. The van der Waals surface area contributed by atoms with E-state index in [4.69, 9.17) is 0 Å². The van der Waals surface area contributed by atoms with Gasteiger partial charge >= 0.3 is 12.2 Å². The monoisotopic (exact) mass is 363 g/mol. The zero-order valence-corrected chi connectivity index (χ0v) is 14.4. The summed E-state index contributed by atoms with van der Waals surface area (Å²) in [6, 6.07) is 12.8. The zero-order chi connectivity index (χ0) is 18.7. The van der Waals surface area contributed by atoms with Crippen molar-refractivity contribution in [1.82, 2.24) is 4.90 Å². The van der Waals surface area contributed by atoms with Crippen LogP contribution in [0.5, 0.6) is 0 Å². The average Bonchev–Trinajstić information content (AvgIpc) is 2.63. The molecule has 1 N–H and O–H groups in total. The van der Waals surface area contributed by atoms with E-state index in [2.05, 4.69) is 5.32 Å². The van der Waals surface area contributed by atoms with Crippen LogP contribution in [0, 0.1) is 6.92 Å². The Hall–Kier alpha value is -2.70. The summed E-state index contributed by atoms with van der Waals surface area (Å²) in [5.41, 5.74) is 1.32. The number of hydrogen-bond donors (Lipinski definition) is 1. The van der Waals surface area contributed by atoms with Crippen LogP contribution in [0.1, 0.15) is 11.1 Å². The number of para-hydroxylation sites is 1. The van der Waals surface area contributed by atoms with Crippen molar-refractivity contribution in [3.8, 4) is 0 Å². The van der Waals surface area contributed by atoms with Gasteiger partial charge in [0.05, 0.1) is 5.56 Å². The van der Waals surface area contributed by atoms with E-state index < -0.39 is 11.7 Å². The fraction of sp³-hybridized carbons (Fsp3) is 0.316. The Kier molecular flexibility index (Phi) is 5.06. The smallest absolute Gasteiger partial charge is 0.367 e. The summed E-state index contributed by atoms with van der Waals surface area (Å²) in [6.45, 7) is 3.40. The van der Waals surface area contributed by atoms with Crippen LogP contribution in [-0.4, -0.2) is 37.1 Å². The summed E-state index contributed by atoms with van der Waals surface area (Å²) in [5.74, 6) is 0. The number of urea groups is 1. The Balaban J connectivity index is 1.63. The number of carbonyl (C=O) groups excluding carboxylic acids is 1. The van der Waals surface area contributed by atoms with Crippen molar-refractivity contribution in [3.05, 3.63) is 59.7 Å². The van der Waals surface area contributed by atoms with Crippen LogP contribution in [0.25, 0.3) is 0 Å². The molecular weight excluding hydrogens is 343 g/mol. The van der Waals surface area contributed by atoms with Gasteiger partial charge in [0.2, 0.25) is 0 Å². The van der Waals surface area contributed by atoms with Crippen LogP contribution >= 0.6 is 0 Å². The number of halogens is 3. The van der Waals surface area contributed by atoms with Gasteiger partial charge in [-0.3, -0.25) is 0 Å². The second-order valence-corrected chi connectivity index (χ2v) is 6.29. The standard InChI is InChI=1S/C19H20F3N3O/c1-14-6-8-15(9-7-14)23-18(26)25-12-10-24(11-13-25)17-5-3-2-4-16(17)19(20,21)22/h2-9H,10-13H2,1H3,(H,23,26). The summed E-state index contributed by atoms with van der Waals surface area (Å²) < 4.78 is 39.5. The van der Waals surface area contributed by atoms with E-state index in [0.29, 0.717) is 31.9 Å². The number of anilines is 2. The number of nitrogens with one attached hydrogen (secondary N) is 1. The lowest BCUT2D eigenvalue weighted by atomic mass is 10.1. The first-order valence-corrected chi connectivity index (χ1v) is 8.38. The van der Waals surface area contributed by atoms with Gasteiger partial charge in [-0.15, -0.1) is 0 Å². The van der Waals surface area contributed by atoms with Gasteiger partial charge in [-0.05, 0) is 31.2 Å². The summed E-state index contributed by atoms with van der Waals surface area (Å²) in [5, 5.41) is 2.82. The number of carbonyl (C=O) groups is 1. The molecule has 1 saturated heterocycles. The zero-order valence-electron chi connectivity index (χ0n) is 14.4. The predicted octanol–water partition coefficient (Wildman–Crippen LogP) is 4.37. The normalized spacial score (nSPS) is 15.1. The average molecular weight is 363 g/mol. The number of amides is 2. The molecule has 26 heavy (non-hydrogen) atoms. The first kappa shape index (κ1) is 18.1. The lowest BCUT2D eigenvalue weighted by molar-refractivity contribution is -0.137. The summed E-state index contributed by atoms with van der Waals surface area (Å²) in [6.07, 6.45) is -4.39. The number of hydrogen-bond acceptors (Lipinski definition) is 2. The molecule has 0 unspecified atom stereocenters. The van der Waals surface area contributed by atoms with Crippen molar-refractivity contribution in [2.24, 2.45) is 0 Å². The van der Waals surface area contributed by atoms with Gasteiger partial charge in [0.25, 0.3) is 0 Å². The van der Waals surface area contributed by atoms with E-state index in [-0.39, 0.29) is 11.7 Å². The predicted molar refractivity (Wildman–Crippen MR) is 95.4 cm³/mol. The van der Waals surface area contributed by atoms with Crippen molar-refractivity contribution >= 4 is 17.4 Å². The molecule has 138 valence electrons.